The van der Waals surface area contributed by atoms with Gasteiger partial charge in [0.25, 0.3) is 0 Å². The molecule has 0 saturated heterocycles. The van der Waals surface area contributed by atoms with Crippen LogP contribution in [0, 0.1) is 22.7 Å². The standard InChI is InChI=1S/C14H22O2.C8H14O2/c1-9(2)12(15)16-11-8-10-6-7-14(11,5)13(10,3)4;1-6(2)5-10-8(9)7(3)4/h10-11H,1,6-8H2,2-5H3;6H,3,5H2,1-2,4H3. The van der Waals surface area contributed by atoms with Crippen molar-refractivity contribution < 1.29 is 19.1 Å². The molecule has 2 fully saturated rings. The van der Waals surface area contributed by atoms with Crippen molar-refractivity contribution in [3.8, 4) is 0 Å². The molecule has 4 nitrogen and oxygen atoms in total. The van der Waals surface area contributed by atoms with Crippen LogP contribution in [0.1, 0.15) is 67.7 Å². The third-order valence-electron chi connectivity index (χ3n) is 6.21. The van der Waals surface area contributed by atoms with Gasteiger partial charge in [0.2, 0.25) is 0 Å². The van der Waals surface area contributed by atoms with Gasteiger partial charge in [-0.3, -0.25) is 0 Å². The molecule has 2 saturated carbocycles. The van der Waals surface area contributed by atoms with Gasteiger partial charge in [0.1, 0.15) is 6.10 Å². The van der Waals surface area contributed by atoms with Crippen LogP contribution in [0.2, 0.25) is 0 Å². The Morgan fingerprint density at radius 1 is 1.08 bits per heavy atom. The number of carbonyl (C=O) groups excluding carboxylic acids is 2. The average Bonchev–Trinajstić information content (AvgIpc) is 2.86. The van der Waals surface area contributed by atoms with Crippen molar-refractivity contribution >= 4 is 11.9 Å². The molecule has 0 amide bonds. The normalized spacial score (nSPS) is 28.2. The molecule has 0 spiro atoms. The van der Waals surface area contributed by atoms with Crippen LogP contribution in [0.4, 0.5) is 0 Å². The SMILES string of the molecule is C=C(C)C(=O)OC1CC2CCC1(C)C2(C)C.C=C(C)C(=O)OCC(C)C. The van der Waals surface area contributed by atoms with Crippen LogP contribution in [-0.4, -0.2) is 24.6 Å². The Bertz CT molecular complexity index is 573. The van der Waals surface area contributed by atoms with Crippen molar-refractivity contribution in [3.63, 3.8) is 0 Å². The summed E-state index contributed by atoms with van der Waals surface area (Å²) in [6, 6.07) is 0. The van der Waals surface area contributed by atoms with E-state index >= 15 is 0 Å². The van der Waals surface area contributed by atoms with Gasteiger partial charge in [-0.2, -0.15) is 0 Å². The van der Waals surface area contributed by atoms with Gasteiger partial charge >= 0.3 is 11.9 Å². The maximum atomic E-state index is 11.6. The molecule has 0 aliphatic heterocycles. The molecule has 2 bridgehead atoms. The smallest absolute Gasteiger partial charge is 0.333 e. The molecule has 2 rings (SSSR count). The molecule has 26 heavy (non-hydrogen) atoms. The minimum atomic E-state index is -0.297. The number of hydrogen-bond donors (Lipinski definition) is 0. The lowest BCUT2D eigenvalue weighted by atomic mass is 9.70. The van der Waals surface area contributed by atoms with Crippen molar-refractivity contribution in [3.05, 3.63) is 24.3 Å². The molecule has 3 atom stereocenters. The van der Waals surface area contributed by atoms with Crippen molar-refractivity contribution in [1.82, 2.24) is 0 Å². The summed E-state index contributed by atoms with van der Waals surface area (Å²) in [6.45, 7) is 21.8. The zero-order valence-electron chi connectivity index (χ0n) is 17.6. The second-order valence-electron chi connectivity index (χ2n) is 9.06. The third kappa shape index (κ3) is 4.77. The Balaban J connectivity index is 0.000000294. The van der Waals surface area contributed by atoms with Crippen LogP contribution in [0.15, 0.2) is 24.3 Å². The summed E-state index contributed by atoms with van der Waals surface area (Å²) in [5.41, 5.74) is 1.42. The fraction of sp³-hybridized carbons (Fsp3) is 0.727. The topological polar surface area (TPSA) is 52.6 Å². The quantitative estimate of drug-likeness (QED) is 0.504. The highest BCUT2D eigenvalue weighted by atomic mass is 16.5. The van der Waals surface area contributed by atoms with E-state index in [9.17, 15) is 9.59 Å². The zero-order valence-corrected chi connectivity index (χ0v) is 17.6. The summed E-state index contributed by atoms with van der Waals surface area (Å²) in [5, 5.41) is 0. The molecule has 2 aliphatic carbocycles. The van der Waals surface area contributed by atoms with E-state index in [0.717, 1.165) is 6.42 Å². The highest BCUT2D eigenvalue weighted by molar-refractivity contribution is 5.87. The lowest BCUT2D eigenvalue weighted by Crippen LogP contribution is -2.38. The Hall–Kier alpha value is -1.58. The summed E-state index contributed by atoms with van der Waals surface area (Å²) in [7, 11) is 0. The second kappa shape index (κ2) is 8.41. The lowest BCUT2D eigenvalue weighted by molar-refractivity contribution is -0.152. The van der Waals surface area contributed by atoms with Crippen LogP contribution >= 0.6 is 0 Å². The van der Waals surface area contributed by atoms with Gasteiger partial charge in [0.05, 0.1) is 6.61 Å². The number of hydrogen-bond acceptors (Lipinski definition) is 4. The van der Waals surface area contributed by atoms with E-state index in [2.05, 4.69) is 33.9 Å². The number of fused-ring (bicyclic) bond motifs is 2. The molecule has 4 heteroatoms. The van der Waals surface area contributed by atoms with E-state index in [1.165, 1.54) is 12.8 Å². The largest absolute Gasteiger partial charge is 0.462 e. The lowest BCUT2D eigenvalue weighted by Gasteiger charge is -2.38. The minimum Gasteiger partial charge on any atom is -0.462 e. The van der Waals surface area contributed by atoms with E-state index in [4.69, 9.17) is 9.47 Å². The molecule has 2 aliphatic rings. The predicted molar refractivity (Wildman–Crippen MR) is 105 cm³/mol. The maximum absolute atomic E-state index is 11.6. The van der Waals surface area contributed by atoms with Gasteiger partial charge in [-0.1, -0.05) is 47.8 Å². The van der Waals surface area contributed by atoms with Crippen LogP contribution in [0.5, 0.6) is 0 Å². The average molecular weight is 365 g/mol. The molecule has 0 aromatic rings. The fourth-order valence-electron chi connectivity index (χ4n) is 3.90. The number of ether oxygens (including phenoxy) is 2. The number of carbonyl (C=O) groups is 2. The van der Waals surface area contributed by atoms with Gasteiger partial charge < -0.3 is 9.47 Å². The molecular weight excluding hydrogens is 328 g/mol. The van der Waals surface area contributed by atoms with E-state index in [0.29, 0.717) is 35.0 Å². The van der Waals surface area contributed by atoms with Gasteiger partial charge in [-0.15, -0.1) is 0 Å². The first-order valence-electron chi connectivity index (χ1n) is 9.52. The summed E-state index contributed by atoms with van der Waals surface area (Å²) in [5.74, 6) is 0.576. The van der Waals surface area contributed by atoms with E-state index < -0.39 is 0 Å². The van der Waals surface area contributed by atoms with Gasteiger partial charge in [-0.05, 0) is 50.4 Å². The minimum absolute atomic E-state index is 0.0884. The molecule has 0 heterocycles. The highest BCUT2D eigenvalue weighted by Gasteiger charge is 2.62. The molecule has 148 valence electrons. The van der Waals surface area contributed by atoms with E-state index in [1.54, 1.807) is 13.8 Å². The molecule has 3 unspecified atom stereocenters. The summed E-state index contributed by atoms with van der Waals surface area (Å²) in [4.78, 5) is 22.3. The first-order valence-corrected chi connectivity index (χ1v) is 9.52. The second-order valence-corrected chi connectivity index (χ2v) is 9.06. The van der Waals surface area contributed by atoms with Crippen LogP contribution < -0.4 is 0 Å². The van der Waals surface area contributed by atoms with Crippen molar-refractivity contribution in [1.29, 1.82) is 0 Å². The molecule has 0 N–H and O–H groups in total. The van der Waals surface area contributed by atoms with Crippen LogP contribution in [-0.2, 0) is 19.1 Å². The van der Waals surface area contributed by atoms with E-state index in [-0.39, 0.29) is 23.5 Å². The van der Waals surface area contributed by atoms with Gasteiger partial charge in [0.15, 0.2) is 0 Å². The Kier molecular flexibility index (Phi) is 7.26. The monoisotopic (exact) mass is 364 g/mol. The van der Waals surface area contributed by atoms with Crippen LogP contribution in [0.25, 0.3) is 0 Å². The van der Waals surface area contributed by atoms with E-state index in [1.807, 2.05) is 13.8 Å². The maximum Gasteiger partial charge on any atom is 0.333 e. The molecular formula is C22H36O4. The van der Waals surface area contributed by atoms with Crippen molar-refractivity contribution in [2.45, 2.75) is 73.8 Å². The Morgan fingerprint density at radius 3 is 1.96 bits per heavy atom. The predicted octanol–water partition coefficient (Wildman–Crippen LogP) is 5.08. The summed E-state index contributed by atoms with van der Waals surface area (Å²) >= 11 is 0. The Labute approximate surface area is 159 Å². The first-order chi connectivity index (χ1) is 11.8. The van der Waals surface area contributed by atoms with Gasteiger partial charge in [-0.25, -0.2) is 9.59 Å². The number of rotatable bonds is 5. The van der Waals surface area contributed by atoms with Crippen LogP contribution in [0.3, 0.4) is 0 Å². The first kappa shape index (κ1) is 22.5. The zero-order chi connectivity index (χ0) is 20.3. The van der Waals surface area contributed by atoms with Crippen molar-refractivity contribution in [2.75, 3.05) is 6.61 Å². The Morgan fingerprint density at radius 2 is 1.62 bits per heavy atom. The number of esters is 2. The third-order valence-corrected chi connectivity index (χ3v) is 6.21. The summed E-state index contributed by atoms with van der Waals surface area (Å²) < 4.78 is 10.4. The summed E-state index contributed by atoms with van der Waals surface area (Å²) in [6.07, 6.45) is 3.58. The molecule has 0 aromatic heterocycles. The molecule has 0 radical (unpaired) electrons. The molecule has 0 aromatic carbocycles. The highest BCUT2D eigenvalue weighted by Crippen LogP contribution is 2.66. The van der Waals surface area contributed by atoms with Gasteiger partial charge in [0, 0.05) is 16.6 Å². The fourth-order valence-corrected chi connectivity index (χ4v) is 3.90. The van der Waals surface area contributed by atoms with Crippen molar-refractivity contribution in [2.24, 2.45) is 22.7 Å².